The van der Waals surface area contributed by atoms with Crippen LogP contribution in [-0.2, 0) is 6.61 Å². The van der Waals surface area contributed by atoms with Gasteiger partial charge in [-0.25, -0.2) is 5.43 Å². The van der Waals surface area contributed by atoms with Crippen molar-refractivity contribution in [2.45, 2.75) is 20.5 Å². The Morgan fingerprint density at radius 3 is 2.48 bits per heavy atom. The predicted octanol–water partition coefficient (Wildman–Crippen LogP) is 6.15. The number of hydrogen-bond acceptors (Lipinski definition) is 4. The number of aryl methyl sites for hydroxylation is 1. The molecule has 0 spiro atoms. The molecule has 160 valence electrons. The number of benzene rings is 3. The van der Waals surface area contributed by atoms with E-state index in [2.05, 4.69) is 38.6 Å². The van der Waals surface area contributed by atoms with E-state index in [1.807, 2.05) is 38.1 Å². The van der Waals surface area contributed by atoms with Crippen LogP contribution in [0, 0.1) is 6.92 Å². The second kappa shape index (κ2) is 11.0. The first-order valence-corrected chi connectivity index (χ1v) is 10.9. The van der Waals surface area contributed by atoms with Crippen molar-refractivity contribution >= 4 is 39.7 Å². The molecule has 0 aliphatic heterocycles. The molecule has 0 bridgehead atoms. The minimum atomic E-state index is -0.324. The lowest BCUT2D eigenvalue weighted by Crippen LogP contribution is -2.17. The maximum atomic E-state index is 12.2. The van der Waals surface area contributed by atoms with Gasteiger partial charge in [0, 0.05) is 10.6 Å². The average Bonchev–Trinajstić information content (AvgIpc) is 2.75. The van der Waals surface area contributed by atoms with Crippen LogP contribution in [0.1, 0.15) is 34.0 Å². The third-order valence-corrected chi connectivity index (χ3v) is 5.16. The average molecular weight is 502 g/mol. The molecule has 0 aliphatic carbocycles. The number of ether oxygens (including phenoxy) is 2. The molecule has 31 heavy (non-hydrogen) atoms. The summed E-state index contributed by atoms with van der Waals surface area (Å²) in [5.41, 5.74) is 5.98. The Labute approximate surface area is 195 Å². The van der Waals surface area contributed by atoms with Gasteiger partial charge in [0.05, 0.1) is 17.3 Å². The SMILES string of the molecule is CCOc1cc(/C=N\NC(=O)c2ccc(Cl)cc2)cc(Br)c1OCc1ccc(C)cc1. The Balaban J connectivity index is 1.71. The van der Waals surface area contributed by atoms with Gasteiger partial charge in [-0.2, -0.15) is 5.10 Å². The quantitative estimate of drug-likeness (QED) is 0.297. The van der Waals surface area contributed by atoms with Crippen LogP contribution in [-0.4, -0.2) is 18.7 Å². The monoisotopic (exact) mass is 500 g/mol. The maximum Gasteiger partial charge on any atom is 0.271 e. The lowest BCUT2D eigenvalue weighted by atomic mass is 10.1. The van der Waals surface area contributed by atoms with Crippen LogP contribution < -0.4 is 14.9 Å². The summed E-state index contributed by atoms with van der Waals surface area (Å²) in [6.07, 6.45) is 1.55. The normalized spacial score (nSPS) is 10.8. The molecular weight excluding hydrogens is 480 g/mol. The Kier molecular flexibility index (Phi) is 8.09. The van der Waals surface area contributed by atoms with Crippen molar-refractivity contribution < 1.29 is 14.3 Å². The van der Waals surface area contributed by atoms with E-state index in [0.717, 1.165) is 15.6 Å². The van der Waals surface area contributed by atoms with E-state index in [4.69, 9.17) is 21.1 Å². The molecule has 3 aromatic rings. The molecule has 0 fully saturated rings. The Hall–Kier alpha value is -2.83. The van der Waals surface area contributed by atoms with Crippen molar-refractivity contribution in [2.24, 2.45) is 5.10 Å². The van der Waals surface area contributed by atoms with Gasteiger partial charge in [-0.05, 0) is 77.3 Å². The molecule has 0 atom stereocenters. The molecule has 0 radical (unpaired) electrons. The van der Waals surface area contributed by atoms with Crippen LogP contribution >= 0.6 is 27.5 Å². The Morgan fingerprint density at radius 1 is 1.10 bits per heavy atom. The second-order valence-corrected chi connectivity index (χ2v) is 8.03. The van der Waals surface area contributed by atoms with Crippen molar-refractivity contribution in [3.63, 3.8) is 0 Å². The molecule has 5 nitrogen and oxygen atoms in total. The van der Waals surface area contributed by atoms with Gasteiger partial charge in [0.15, 0.2) is 11.5 Å². The van der Waals surface area contributed by atoms with Gasteiger partial charge in [-0.15, -0.1) is 0 Å². The number of hydrogen-bond donors (Lipinski definition) is 1. The maximum absolute atomic E-state index is 12.2. The van der Waals surface area contributed by atoms with Gasteiger partial charge in [0.2, 0.25) is 0 Å². The number of halogens is 2. The molecule has 0 heterocycles. The van der Waals surface area contributed by atoms with Crippen LogP contribution in [0.2, 0.25) is 5.02 Å². The Morgan fingerprint density at radius 2 is 1.81 bits per heavy atom. The summed E-state index contributed by atoms with van der Waals surface area (Å²) in [4.78, 5) is 12.2. The highest BCUT2D eigenvalue weighted by Crippen LogP contribution is 2.37. The van der Waals surface area contributed by atoms with E-state index in [9.17, 15) is 4.79 Å². The fourth-order valence-electron chi connectivity index (χ4n) is 2.74. The molecule has 7 heteroatoms. The standard InChI is InChI=1S/C24H22BrClN2O3/c1-3-30-22-13-18(14-27-28-24(29)19-8-10-20(26)11-9-19)12-21(25)23(22)31-15-17-6-4-16(2)5-7-17/h4-14H,3,15H2,1-2H3,(H,28,29)/b27-14-. The summed E-state index contributed by atoms with van der Waals surface area (Å²) in [5, 5.41) is 4.61. The van der Waals surface area contributed by atoms with Crippen LogP contribution in [0.5, 0.6) is 11.5 Å². The first-order valence-electron chi connectivity index (χ1n) is 9.70. The van der Waals surface area contributed by atoms with E-state index in [0.29, 0.717) is 35.3 Å². The summed E-state index contributed by atoms with van der Waals surface area (Å²) in [5.74, 6) is 0.884. The molecular formula is C24H22BrClN2O3. The number of carbonyl (C=O) groups is 1. The van der Waals surface area contributed by atoms with Gasteiger partial charge < -0.3 is 9.47 Å². The summed E-state index contributed by atoms with van der Waals surface area (Å²) in [7, 11) is 0. The predicted molar refractivity (Wildman–Crippen MR) is 127 cm³/mol. The molecule has 1 amide bonds. The second-order valence-electron chi connectivity index (χ2n) is 6.74. The molecule has 3 aromatic carbocycles. The molecule has 0 aromatic heterocycles. The first kappa shape index (κ1) is 22.8. The first-order chi connectivity index (χ1) is 15.0. The van der Waals surface area contributed by atoms with Gasteiger partial charge in [0.1, 0.15) is 6.61 Å². The fraction of sp³-hybridized carbons (Fsp3) is 0.167. The lowest BCUT2D eigenvalue weighted by molar-refractivity contribution is 0.0955. The fourth-order valence-corrected chi connectivity index (χ4v) is 3.44. The lowest BCUT2D eigenvalue weighted by Gasteiger charge is -2.15. The Bertz CT molecular complexity index is 1070. The van der Waals surface area contributed by atoms with E-state index < -0.39 is 0 Å². The summed E-state index contributed by atoms with van der Waals surface area (Å²) < 4.78 is 12.5. The minimum absolute atomic E-state index is 0.324. The number of rotatable bonds is 8. The van der Waals surface area contributed by atoms with Crippen LogP contribution in [0.25, 0.3) is 0 Å². The third kappa shape index (κ3) is 6.57. The van der Waals surface area contributed by atoms with Gasteiger partial charge in [-0.1, -0.05) is 41.4 Å². The van der Waals surface area contributed by atoms with Crippen molar-refractivity contribution in [3.8, 4) is 11.5 Å². The highest BCUT2D eigenvalue weighted by Gasteiger charge is 2.12. The zero-order valence-electron chi connectivity index (χ0n) is 17.2. The van der Waals surface area contributed by atoms with Crippen molar-refractivity contribution in [3.05, 3.63) is 92.4 Å². The minimum Gasteiger partial charge on any atom is -0.490 e. The molecule has 1 N–H and O–H groups in total. The zero-order valence-corrected chi connectivity index (χ0v) is 19.5. The third-order valence-electron chi connectivity index (χ3n) is 4.32. The molecule has 0 saturated carbocycles. The van der Waals surface area contributed by atoms with Crippen LogP contribution in [0.3, 0.4) is 0 Å². The summed E-state index contributed by atoms with van der Waals surface area (Å²) in [6.45, 7) is 4.86. The van der Waals surface area contributed by atoms with Crippen molar-refractivity contribution in [2.75, 3.05) is 6.61 Å². The molecule has 0 aliphatic rings. The van der Waals surface area contributed by atoms with E-state index in [1.54, 1.807) is 30.5 Å². The summed E-state index contributed by atoms with van der Waals surface area (Å²) in [6, 6.07) is 18.4. The smallest absolute Gasteiger partial charge is 0.271 e. The van der Waals surface area contributed by atoms with Crippen LogP contribution in [0.4, 0.5) is 0 Å². The number of amides is 1. The number of carbonyl (C=O) groups excluding carboxylic acids is 1. The number of nitrogens with zero attached hydrogens (tertiary/aromatic N) is 1. The van der Waals surface area contributed by atoms with E-state index in [1.165, 1.54) is 5.56 Å². The van der Waals surface area contributed by atoms with Gasteiger partial charge >= 0.3 is 0 Å². The molecule has 0 saturated heterocycles. The number of hydrazone groups is 1. The van der Waals surface area contributed by atoms with Crippen LogP contribution in [0.15, 0.2) is 70.2 Å². The summed E-state index contributed by atoms with van der Waals surface area (Å²) >= 11 is 9.40. The van der Waals surface area contributed by atoms with E-state index in [-0.39, 0.29) is 5.91 Å². The van der Waals surface area contributed by atoms with Gasteiger partial charge in [0.25, 0.3) is 5.91 Å². The largest absolute Gasteiger partial charge is 0.490 e. The van der Waals surface area contributed by atoms with E-state index >= 15 is 0 Å². The topological polar surface area (TPSA) is 59.9 Å². The number of nitrogens with one attached hydrogen (secondary N) is 1. The zero-order chi connectivity index (χ0) is 22.2. The van der Waals surface area contributed by atoms with Crippen molar-refractivity contribution in [1.82, 2.24) is 5.43 Å². The van der Waals surface area contributed by atoms with Crippen molar-refractivity contribution in [1.29, 1.82) is 0 Å². The molecule has 0 unspecified atom stereocenters. The highest BCUT2D eigenvalue weighted by molar-refractivity contribution is 9.10. The highest BCUT2D eigenvalue weighted by atomic mass is 79.9. The van der Waals surface area contributed by atoms with Gasteiger partial charge in [-0.3, -0.25) is 4.79 Å². The molecule has 3 rings (SSSR count).